The van der Waals surface area contributed by atoms with Crippen LogP contribution < -0.4 is 5.32 Å². The molecule has 2 rings (SSSR count). The summed E-state index contributed by atoms with van der Waals surface area (Å²) in [5, 5.41) is 11.7. The van der Waals surface area contributed by atoms with E-state index in [1.807, 2.05) is 6.92 Å². The molecule has 1 spiro atoms. The van der Waals surface area contributed by atoms with Gasteiger partial charge in [0.25, 0.3) is 0 Å². The summed E-state index contributed by atoms with van der Waals surface area (Å²) in [6, 6.07) is -0.964. The molecule has 1 saturated carbocycles. The van der Waals surface area contributed by atoms with E-state index < -0.39 is 12.0 Å². The molecular formula is C15H26N2O3. The van der Waals surface area contributed by atoms with Crippen molar-refractivity contribution in [3.63, 3.8) is 0 Å². The predicted molar refractivity (Wildman–Crippen MR) is 76.6 cm³/mol. The summed E-state index contributed by atoms with van der Waals surface area (Å²) in [5.74, 6) is -0.940. The average Bonchev–Trinajstić information content (AvgIpc) is 2.87. The van der Waals surface area contributed by atoms with Gasteiger partial charge in [-0.25, -0.2) is 9.59 Å². The fourth-order valence-corrected chi connectivity index (χ4v) is 3.60. The van der Waals surface area contributed by atoms with Gasteiger partial charge < -0.3 is 15.3 Å². The second-order valence-corrected chi connectivity index (χ2v) is 6.32. The zero-order valence-electron chi connectivity index (χ0n) is 12.4. The van der Waals surface area contributed by atoms with Gasteiger partial charge in [-0.1, -0.05) is 26.2 Å². The largest absolute Gasteiger partial charge is 0.480 e. The third-order valence-electron chi connectivity index (χ3n) is 4.95. The maximum absolute atomic E-state index is 12.1. The number of piperidine rings is 1. The van der Waals surface area contributed by atoms with Crippen LogP contribution in [0.3, 0.4) is 0 Å². The third-order valence-corrected chi connectivity index (χ3v) is 4.95. The van der Waals surface area contributed by atoms with Crippen molar-refractivity contribution in [3.8, 4) is 0 Å². The number of rotatable bonds is 4. The van der Waals surface area contributed by atoms with E-state index in [2.05, 4.69) is 5.32 Å². The van der Waals surface area contributed by atoms with Gasteiger partial charge in [0, 0.05) is 13.1 Å². The number of amides is 2. The van der Waals surface area contributed by atoms with Crippen molar-refractivity contribution in [2.45, 2.75) is 64.3 Å². The van der Waals surface area contributed by atoms with Crippen LogP contribution in [0.15, 0.2) is 0 Å². The second kappa shape index (κ2) is 6.46. The van der Waals surface area contributed by atoms with E-state index in [-0.39, 0.29) is 6.03 Å². The maximum Gasteiger partial charge on any atom is 0.326 e. The summed E-state index contributed by atoms with van der Waals surface area (Å²) >= 11 is 0. The van der Waals surface area contributed by atoms with Crippen LogP contribution in [0.25, 0.3) is 0 Å². The average molecular weight is 282 g/mol. The van der Waals surface area contributed by atoms with Crippen molar-refractivity contribution in [1.29, 1.82) is 0 Å². The molecule has 1 aliphatic heterocycles. The quantitative estimate of drug-likeness (QED) is 0.832. The van der Waals surface area contributed by atoms with Gasteiger partial charge in [-0.3, -0.25) is 0 Å². The maximum atomic E-state index is 12.1. The predicted octanol–water partition coefficient (Wildman–Crippen LogP) is 2.61. The normalized spacial score (nSPS) is 22.8. The minimum Gasteiger partial charge on any atom is -0.480 e. The molecule has 1 atom stereocenters. The zero-order valence-corrected chi connectivity index (χ0v) is 12.4. The molecule has 20 heavy (non-hydrogen) atoms. The Kier molecular flexibility index (Phi) is 4.89. The number of carbonyl (C=O) groups excluding carboxylic acids is 1. The van der Waals surface area contributed by atoms with Crippen LogP contribution in [0.2, 0.25) is 0 Å². The van der Waals surface area contributed by atoms with Crippen molar-refractivity contribution in [1.82, 2.24) is 10.2 Å². The summed E-state index contributed by atoms with van der Waals surface area (Å²) in [6.45, 7) is 3.46. The SMILES string of the molecule is CCCC(NC(=O)N1CCC2(CCCC2)CC1)C(=O)O. The highest BCUT2D eigenvalue weighted by molar-refractivity contribution is 5.82. The number of carboxylic acid groups (broad SMARTS) is 1. The van der Waals surface area contributed by atoms with E-state index in [9.17, 15) is 9.59 Å². The third kappa shape index (κ3) is 3.44. The van der Waals surface area contributed by atoms with E-state index in [0.717, 1.165) is 32.4 Å². The van der Waals surface area contributed by atoms with Gasteiger partial charge in [-0.2, -0.15) is 0 Å². The lowest BCUT2D eigenvalue weighted by molar-refractivity contribution is -0.139. The minimum absolute atomic E-state index is 0.210. The van der Waals surface area contributed by atoms with Gasteiger partial charge in [-0.05, 0) is 37.5 Å². The Morgan fingerprint density at radius 3 is 2.30 bits per heavy atom. The van der Waals surface area contributed by atoms with Gasteiger partial charge in [0.2, 0.25) is 0 Å². The lowest BCUT2D eigenvalue weighted by Crippen LogP contribution is -2.51. The highest BCUT2D eigenvalue weighted by Crippen LogP contribution is 2.46. The van der Waals surface area contributed by atoms with E-state index in [4.69, 9.17) is 5.11 Å². The van der Waals surface area contributed by atoms with Crippen LogP contribution in [0.1, 0.15) is 58.3 Å². The van der Waals surface area contributed by atoms with Crippen LogP contribution in [-0.4, -0.2) is 41.1 Å². The molecule has 0 radical (unpaired) electrons. The molecule has 2 aliphatic rings. The van der Waals surface area contributed by atoms with Crippen LogP contribution in [0.5, 0.6) is 0 Å². The molecule has 5 heteroatoms. The molecule has 1 saturated heterocycles. The van der Waals surface area contributed by atoms with Crippen molar-refractivity contribution in [2.24, 2.45) is 5.41 Å². The van der Waals surface area contributed by atoms with E-state index >= 15 is 0 Å². The minimum atomic E-state index is -0.940. The van der Waals surface area contributed by atoms with Gasteiger partial charge in [0.15, 0.2) is 0 Å². The summed E-state index contributed by atoms with van der Waals surface area (Å²) in [5.41, 5.74) is 0.479. The lowest BCUT2D eigenvalue weighted by atomic mass is 9.77. The first-order valence-corrected chi connectivity index (χ1v) is 7.84. The van der Waals surface area contributed by atoms with Crippen molar-refractivity contribution in [3.05, 3.63) is 0 Å². The Bertz CT molecular complexity index is 354. The van der Waals surface area contributed by atoms with Crippen LogP contribution in [0.4, 0.5) is 4.79 Å². The Labute approximate surface area is 120 Å². The Morgan fingerprint density at radius 2 is 1.80 bits per heavy atom. The van der Waals surface area contributed by atoms with E-state index in [0.29, 0.717) is 11.8 Å². The standard InChI is InChI=1S/C15H26N2O3/c1-2-5-12(13(18)19)16-14(20)17-10-8-15(9-11-17)6-3-4-7-15/h12H,2-11H2,1H3,(H,16,20)(H,18,19). The molecule has 1 aliphatic carbocycles. The number of hydrogen-bond acceptors (Lipinski definition) is 2. The Balaban J connectivity index is 1.83. The summed E-state index contributed by atoms with van der Waals surface area (Å²) in [6.07, 6.45) is 8.64. The van der Waals surface area contributed by atoms with Gasteiger partial charge in [0.1, 0.15) is 6.04 Å². The lowest BCUT2D eigenvalue weighted by Gasteiger charge is -2.39. The number of likely N-dealkylation sites (tertiary alicyclic amines) is 1. The molecule has 0 aromatic rings. The molecule has 0 aromatic carbocycles. The van der Waals surface area contributed by atoms with Crippen LogP contribution in [-0.2, 0) is 4.79 Å². The van der Waals surface area contributed by atoms with Crippen molar-refractivity contribution < 1.29 is 14.7 Å². The molecule has 1 unspecified atom stereocenters. The first-order chi connectivity index (χ1) is 9.56. The van der Waals surface area contributed by atoms with Crippen molar-refractivity contribution in [2.75, 3.05) is 13.1 Å². The van der Waals surface area contributed by atoms with E-state index in [1.165, 1.54) is 25.7 Å². The van der Waals surface area contributed by atoms with Crippen LogP contribution >= 0.6 is 0 Å². The molecule has 2 amide bonds. The van der Waals surface area contributed by atoms with Gasteiger partial charge in [-0.15, -0.1) is 0 Å². The topological polar surface area (TPSA) is 69.6 Å². The highest BCUT2D eigenvalue weighted by Gasteiger charge is 2.38. The molecule has 5 nitrogen and oxygen atoms in total. The zero-order chi connectivity index (χ0) is 14.6. The van der Waals surface area contributed by atoms with Gasteiger partial charge >= 0.3 is 12.0 Å². The molecular weight excluding hydrogens is 256 g/mol. The number of aliphatic carboxylic acids is 1. The second-order valence-electron chi connectivity index (χ2n) is 6.32. The number of carbonyl (C=O) groups is 2. The molecule has 114 valence electrons. The number of nitrogens with zero attached hydrogens (tertiary/aromatic N) is 1. The molecule has 0 aromatic heterocycles. The summed E-state index contributed by atoms with van der Waals surface area (Å²) in [7, 11) is 0. The number of urea groups is 1. The van der Waals surface area contributed by atoms with Crippen LogP contribution in [0, 0.1) is 5.41 Å². The first kappa shape index (κ1) is 15.1. The number of hydrogen-bond donors (Lipinski definition) is 2. The number of nitrogens with one attached hydrogen (secondary N) is 1. The fourth-order valence-electron chi connectivity index (χ4n) is 3.60. The molecule has 2 N–H and O–H groups in total. The van der Waals surface area contributed by atoms with E-state index in [1.54, 1.807) is 4.90 Å². The molecule has 2 fully saturated rings. The fraction of sp³-hybridized carbons (Fsp3) is 0.867. The smallest absolute Gasteiger partial charge is 0.326 e. The van der Waals surface area contributed by atoms with Gasteiger partial charge in [0.05, 0.1) is 0 Å². The first-order valence-electron chi connectivity index (χ1n) is 7.84. The Hall–Kier alpha value is -1.26. The number of carboxylic acids is 1. The van der Waals surface area contributed by atoms with Crippen molar-refractivity contribution >= 4 is 12.0 Å². The highest BCUT2D eigenvalue weighted by atomic mass is 16.4. The monoisotopic (exact) mass is 282 g/mol. The summed E-state index contributed by atoms with van der Waals surface area (Å²) in [4.78, 5) is 25.0. The molecule has 0 bridgehead atoms. The molecule has 1 heterocycles. The summed E-state index contributed by atoms with van der Waals surface area (Å²) < 4.78 is 0. The Morgan fingerprint density at radius 1 is 1.20 bits per heavy atom.